The van der Waals surface area contributed by atoms with Gasteiger partial charge in [-0.05, 0) is 24.7 Å². The average molecular weight is 388 g/mol. The molecule has 0 spiro atoms. The normalized spacial score (nSPS) is 37.5. The first-order chi connectivity index (χ1) is 10.3. The van der Waals surface area contributed by atoms with Gasteiger partial charge < -0.3 is 6.42 Å². The second kappa shape index (κ2) is 8.78. The van der Waals surface area contributed by atoms with Crippen LogP contribution in [0.4, 0.5) is 0 Å². The summed E-state index contributed by atoms with van der Waals surface area (Å²) in [6.45, 7) is 4.42. The van der Waals surface area contributed by atoms with E-state index in [1.54, 1.807) is 5.57 Å². The molecule has 2 fully saturated rings. The Hall–Kier alpha value is 0.0600. The minimum atomic E-state index is 0. The zero-order chi connectivity index (χ0) is 14.7. The summed E-state index contributed by atoms with van der Waals surface area (Å²) in [6, 6.07) is 0. The summed E-state index contributed by atoms with van der Waals surface area (Å²) in [4.78, 5) is 0. The van der Waals surface area contributed by atoms with Crippen molar-refractivity contribution in [3.05, 3.63) is 54.5 Å². The van der Waals surface area contributed by atoms with E-state index in [4.69, 9.17) is 0 Å². The molecule has 0 amide bonds. The minimum Gasteiger partial charge on any atom is -0.317 e. The Bertz CT molecular complexity index is 474. The molecular formula is C20H28SiZr-. The molecule has 5 unspecified atom stereocenters. The zero-order valence-corrected chi connectivity index (χ0v) is 17.5. The molecule has 0 nitrogen and oxygen atoms in total. The number of allylic oxidation sites excluding steroid dienone is 8. The molecule has 5 atom stereocenters. The number of fused-ring (bicyclic) bond motifs is 3. The summed E-state index contributed by atoms with van der Waals surface area (Å²) in [7, 11) is 0.750. The molecule has 4 aliphatic carbocycles. The molecule has 2 saturated carbocycles. The van der Waals surface area contributed by atoms with Gasteiger partial charge in [-0.2, -0.15) is 5.92 Å². The Balaban J connectivity index is 0.000000411. The molecule has 4 aliphatic rings. The molecule has 117 valence electrons. The monoisotopic (exact) mass is 386 g/mol. The maximum absolute atomic E-state index is 2.68. The van der Waals surface area contributed by atoms with Crippen LogP contribution in [-0.2, 0) is 26.2 Å². The Morgan fingerprint density at radius 1 is 1.09 bits per heavy atom. The van der Waals surface area contributed by atoms with Crippen molar-refractivity contribution in [1.82, 2.24) is 0 Å². The van der Waals surface area contributed by atoms with Crippen LogP contribution < -0.4 is 0 Å². The molecule has 0 aliphatic heterocycles. The third-order valence-electron chi connectivity index (χ3n) is 5.45. The smallest absolute Gasteiger partial charge is 0.0213 e. The summed E-state index contributed by atoms with van der Waals surface area (Å²) in [5, 5.41) is 0. The van der Waals surface area contributed by atoms with Crippen LogP contribution in [0.1, 0.15) is 25.7 Å². The van der Waals surface area contributed by atoms with Crippen LogP contribution in [0.25, 0.3) is 0 Å². The van der Waals surface area contributed by atoms with Gasteiger partial charge in [-0.15, -0.1) is 12.0 Å². The van der Waals surface area contributed by atoms with Crippen LogP contribution in [0.15, 0.2) is 48.1 Å². The van der Waals surface area contributed by atoms with Crippen molar-refractivity contribution < 1.29 is 26.2 Å². The molecule has 0 bridgehead atoms. The minimum absolute atomic E-state index is 0. The molecule has 0 aromatic rings. The predicted molar refractivity (Wildman–Crippen MR) is 94.6 cm³/mol. The molecule has 0 aromatic heterocycles. The van der Waals surface area contributed by atoms with Crippen molar-refractivity contribution in [2.75, 3.05) is 0 Å². The molecule has 0 heterocycles. The standard InChI is InChI=1S/C18H21.C2H7Si.Zr/c1-2-7-13(6-1)15-10-5-11-17-16-9-4-3-8-14(16)12-18(15)17;1-3-2;/h1-4,6,8-9,12,14-18H,5,7,10-11H2;3H,1-2H3;/q-1;;. The number of hydrogen-bond acceptors (Lipinski definition) is 0. The van der Waals surface area contributed by atoms with Crippen molar-refractivity contribution >= 4 is 9.52 Å². The van der Waals surface area contributed by atoms with Gasteiger partial charge >= 0.3 is 0 Å². The average Bonchev–Trinajstić information content (AvgIpc) is 3.15. The Morgan fingerprint density at radius 2 is 1.86 bits per heavy atom. The van der Waals surface area contributed by atoms with Gasteiger partial charge in [0.2, 0.25) is 0 Å². The first-order valence-corrected chi connectivity index (χ1v) is 11.0. The summed E-state index contributed by atoms with van der Waals surface area (Å²) in [6.07, 6.45) is 24.5. The quantitative estimate of drug-likeness (QED) is 0.439. The van der Waals surface area contributed by atoms with E-state index in [0.717, 1.165) is 39.1 Å². The second-order valence-corrected chi connectivity index (χ2v) is 8.00. The number of hydrogen-bond donors (Lipinski definition) is 0. The van der Waals surface area contributed by atoms with E-state index < -0.39 is 0 Å². The van der Waals surface area contributed by atoms with Crippen molar-refractivity contribution in [3.63, 3.8) is 0 Å². The van der Waals surface area contributed by atoms with Crippen molar-refractivity contribution in [2.45, 2.75) is 38.8 Å². The van der Waals surface area contributed by atoms with Gasteiger partial charge in [-0.1, -0.05) is 73.9 Å². The maximum atomic E-state index is 2.68. The van der Waals surface area contributed by atoms with Crippen LogP contribution in [0.5, 0.6) is 0 Å². The van der Waals surface area contributed by atoms with E-state index in [-0.39, 0.29) is 26.2 Å². The topological polar surface area (TPSA) is 0 Å². The van der Waals surface area contributed by atoms with Gasteiger partial charge in [-0.3, -0.25) is 0 Å². The first kappa shape index (κ1) is 18.4. The van der Waals surface area contributed by atoms with Crippen LogP contribution in [0.2, 0.25) is 13.1 Å². The van der Waals surface area contributed by atoms with E-state index in [2.05, 4.69) is 62.0 Å². The van der Waals surface area contributed by atoms with Crippen LogP contribution in [-0.4, -0.2) is 9.52 Å². The first-order valence-electron chi connectivity index (χ1n) is 8.64. The van der Waals surface area contributed by atoms with Crippen LogP contribution in [0, 0.1) is 36.0 Å². The van der Waals surface area contributed by atoms with Gasteiger partial charge in [-0.25, -0.2) is 0 Å². The molecule has 0 saturated heterocycles. The Labute approximate surface area is 158 Å². The molecule has 22 heavy (non-hydrogen) atoms. The molecule has 1 radical (unpaired) electrons. The summed E-state index contributed by atoms with van der Waals surface area (Å²) >= 11 is 0. The maximum Gasteiger partial charge on any atom is 0.0213 e. The van der Waals surface area contributed by atoms with E-state index >= 15 is 0 Å². The van der Waals surface area contributed by atoms with Crippen LogP contribution >= 0.6 is 0 Å². The fourth-order valence-electron chi connectivity index (χ4n) is 4.67. The fraction of sp³-hybridized carbons (Fsp3) is 0.550. The molecule has 0 N–H and O–H groups in total. The van der Waals surface area contributed by atoms with Crippen LogP contribution in [0.3, 0.4) is 0 Å². The predicted octanol–water partition coefficient (Wildman–Crippen LogP) is 5.00. The third-order valence-corrected chi connectivity index (χ3v) is 5.45. The van der Waals surface area contributed by atoms with Gasteiger partial charge in [0.25, 0.3) is 0 Å². The largest absolute Gasteiger partial charge is 0.317 e. The van der Waals surface area contributed by atoms with E-state index in [1.807, 2.05) is 0 Å². The summed E-state index contributed by atoms with van der Waals surface area (Å²) in [5.74, 6) is 4.12. The van der Waals surface area contributed by atoms with Gasteiger partial charge in [0.05, 0.1) is 0 Å². The molecular weight excluding hydrogens is 360 g/mol. The van der Waals surface area contributed by atoms with Crippen molar-refractivity contribution in [2.24, 2.45) is 29.6 Å². The second-order valence-electron chi connectivity index (χ2n) is 6.85. The zero-order valence-electron chi connectivity index (χ0n) is 13.9. The molecule has 2 heteroatoms. The van der Waals surface area contributed by atoms with E-state index in [0.29, 0.717) is 0 Å². The summed E-state index contributed by atoms with van der Waals surface area (Å²) in [5.41, 5.74) is 1.70. The fourth-order valence-corrected chi connectivity index (χ4v) is 4.67. The SMILES string of the molecule is C1=CCC(C2CCCC3C4C=CC=CC4[CH-]C23)=C1.C[SiH]C.[Zr]. The molecule has 4 rings (SSSR count). The Morgan fingerprint density at radius 3 is 2.59 bits per heavy atom. The van der Waals surface area contributed by atoms with E-state index in [9.17, 15) is 0 Å². The van der Waals surface area contributed by atoms with Gasteiger partial charge in [0, 0.05) is 35.7 Å². The van der Waals surface area contributed by atoms with E-state index in [1.165, 1.54) is 25.7 Å². The Kier molecular flexibility index (Phi) is 7.35. The molecule has 0 aromatic carbocycles. The van der Waals surface area contributed by atoms with Crippen molar-refractivity contribution in [1.29, 1.82) is 0 Å². The number of rotatable bonds is 1. The third kappa shape index (κ3) is 3.75. The van der Waals surface area contributed by atoms with Crippen molar-refractivity contribution in [3.8, 4) is 0 Å². The van der Waals surface area contributed by atoms with Gasteiger partial charge in [0.1, 0.15) is 0 Å². The van der Waals surface area contributed by atoms with Gasteiger partial charge in [0.15, 0.2) is 0 Å². The summed E-state index contributed by atoms with van der Waals surface area (Å²) < 4.78 is 0.